The fraction of sp³-hybridized carbons (Fsp3) is 0.875. The van der Waals surface area contributed by atoms with Crippen LogP contribution in [0.3, 0.4) is 0 Å². The molecule has 1 N–H and O–H groups in total. The van der Waals surface area contributed by atoms with Gasteiger partial charge in [-0.05, 0) is 12.3 Å². The fourth-order valence-electron chi connectivity index (χ4n) is 0.981. The van der Waals surface area contributed by atoms with E-state index in [4.69, 9.17) is 5.11 Å². The van der Waals surface area contributed by atoms with Gasteiger partial charge in [-0.25, -0.2) is 0 Å². The summed E-state index contributed by atoms with van der Waals surface area (Å²) in [5.74, 6) is -0.257. The molecule has 0 fully saturated rings. The molecular weight excluding hydrogens is 144 g/mol. The highest BCUT2D eigenvalue weighted by atomic mass is 16.5. The molecule has 0 rings (SSSR count). The minimum absolute atomic E-state index is 0.120. The lowest BCUT2D eigenvalue weighted by atomic mass is 9.98. The molecule has 3 nitrogen and oxygen atoms in total. The van der Waals surface area contributed by atoms with Gasteiger partial charge in [0.05, 0.1) is 19.6 Å². The van der Waals surface area contributed by atoms with Crippen LogP contribution in [0, 0.1) is 11.8 Å². The second-order valence-corrected chi connectivity index (χ2v) is 3.03. The third-order valence-electron chi connectivity index (χ3n) is 1.51. The summed E-state index contributed by atoms with van der Waals surface area (Å²) in [6.45, 7) is 3.89. The van der Waals surface area contributed by atoms with Crippen molar-refractivity contribution in [1.82, 2.24) is 0 Å². The topological polar surface area (TPSA) is 46.5 Å². The van der Waals surface area contributed by atoms with Crippen LogP contribution in [0.2, 0.25) is 0 Å². The zero-order valence-corrected chi connectivity index (χ0v) is 7.33. The van der Waals surface area contributed by atoms with E-state index in [1.807, 2.05) is 13.8 Å². The van der Waals surface area contributed by atoms with Crippen molar-refractivity contribution in [2.24, 2.45) is 11.8 Å². The fourth-order valence-corrected chi connectivity index (χ4v) is 0.981. The number of rotatable bonds is 4. The van der Waals surface area contributed by atoms with Gasteiger partial charge >= 0.3 is 5.97 Å². The average molecular weight is 160 g/mol. The van der Waals surface area contributed by atoms with Gasteiger partial charge in [0.1, 0.15) is 0 Å². The lowest BCUT2D eigenvalue weighted by Gasteiger charge is -2.13. The Labute approximate surface area is 67.4 Å². The molecule has 0 aliphatic rings. The van der Waals surface area contributed by atoms with Gasteiger partial charge in [-0.1, -0.05) is 13.8 Å². The molecule has 1 atom stereocenters. The number of esters is 1. The maximum atomic E-state index is 10.9. The van der Waals surface area contributed by atoms with Gasteiger partial charge in [-0.3, -0.25) is 4.79 Å². The number of hydrogen-bond acceptors (Lipinski definition) is 3. The maximum absolute atomic E-state index is 10.9. The number of methoxy groups -OCH3 is 1. The van der Waals surface area contributed by atoms with E-state index < -0.39 is 0 Å². The van der Waals surface area contributed by atoms with Crippen molar-refractivity contribution in [3.05, 3.63) is 0 Å². The van der Waals surface area contributed by atoms with Gasteiger partial charge in [0.2, 0.25) is 0 Å². The highest BCUT2D eigenvalue weighted by Crippen LogP contribution is 2.11. The Kier molecular flexibility index (Phi) is 4.86. The molecule has 11 heavy (non-hydrogen) atoms. The summed E-state index contributed by atoms with van der Waals surface area (Å²) < 4.78 is 4.51. The van der Waals surface area contributed by atoms with E-state index in [0.29, 0.717) is 12.3 Å². The molecular formula is C8H16O3. The van der Waals surface area contributed by atoms with Crippen molar-refractivity contribution < 1.29 is 14.6 Å². The average Bonchev–Trinajstić information content (AvgIpc) is 1.98. The van der Waals surface area contributed by atoms with Crippen molar-refractivity contribution in [3.63, 3.8) is 0 Å². The molecule has 0 spiro atoms. The normalized spacial score (nSPS) is 13.2. The summed E-state index contributed by atoms with van der Waals surface area (Å²) in [5, 5.41) is 8.78. The first kappa shape index (κ1) is 10.4. The molecule has 0 saturated carbocycles. The minimum atomic E-state index is -0.347. The van der Waals surface area contributed by atoms with Crippen molar-refractivity contribution in [2.45, 2.75) is 20.3 Å². The molecule has 3 heteroatoms. The van der Waals surface area contributed by atoms with Crippen molar-refractivity contribution in [3.8, 4) is 0 Å². The minimum Gasteiger partial charge on any atom is -0.469 e. The second kappa shape index (κ2) is 5.13. The van der Waals surface area contributed by atoms with Gasteiger partial charge in [-0.15, -0.1) is 0 Å². The Hall–Kier alpha value is -0.570. The van der Waals surface area contributed by atoms with Crippen LogP contribution in [0.1, 0.15) is 20.3 Å². The largest absolute Gasteiger partial charge is 0.469 e. The van der Waals surface area contributed by atoms with Crippen LogP contribution in [-0.4, -0.2) is 24.8 Å². The Morgan fingerprint density at radius 1 is 1.55 bits per heavy atom. The van der Waals surface area contributed by atoms with Gasteiger partial charge in [-0.2, -0.15) is 0 Å². The van der Waals surface area contributed by atoms with Crippen molar-refractivity contribution >= 4 is 5.97 Å². The molecule has 0 aromatic carbocycles. The molecule has 0 heterocycles. The van der Waals surface area contributed by atoms with Gasteiger partial charge in [0, 0.05) is 0 Å². The predicted molar refractivity (Wildman–Crippen MR) is 42.0 cm³/mol. The Balaban J connectivity index is 3.84. The Bertz CT molecular complexity index is 121. The van der Waals surface area contributed by atoms with Crippen LogP contribution in [0.15, 0.2) is 0 Å². The smallest absolute Gasteiger partial charge is 0.311 e. The van der Waals surface area contributed by atoms with Gasteiger partial charge in [0.15, 0.2) is 0 Å². The molecule has 0 saturated heterocycles. The predicted octanol–water partition coefficient (Wildman–Crippen LogP) is 0.814. The first-order valence-electron chi connectivity index (χ1n) is 3.80. The van der Waals surface area contributed by atoms with Gasteiger partial charge in [0.25, 0.3) is 0 Å². The number of aliphatic hydroxyl groups is 1. The Morgan fingerprint density at radius 2 is 2.09 bits per heavy atom. The molecule has 0 aliphatic heterocycles. The molecule has 1 unspecified atom stereocenters. The van der Waals surface area contributed by atoms with Crippen LogP contribution in [0.5, 0.6) is 0 Å². The molecule has 0 aliphatic carbocycles. The first-order chi connectivity index (χ1) is 5.11. The Morgan fingerprint density at radius 3 is 2.36 bits per heavy atom. The summed E-state index contributed by atoms with van der Waals surface area (Å²) >= 11 is 0. The first-order valence-corrected chi connectivity index (χ1v) is 3.80. The zero-order valence-electron chi connectivity index (χ0n) is 7.33. The van der Waals surface area contributed by atoms with Crippen molar-refractivity contribution in [2.75, 3.05) is 13.7 Å². The van der Waals surface area contributed by atoms with Crippen LogP contribution in [-0.2, 0) is 9.53 Å². The third-order valence-corrected chi connectivity index (χ3v) is 1.51. The van der Waals surface area contributed by atoms with E-state index in [1.165, 1.54) is 7.11 Å². The van der Waals surface area contributed by atoms with Crippen molar-refractivity contribution in [1.29, 1.82) is 0 Å². The van der Waals surface area contributed by atoms with Crippen LogP contribution >= 0.6 is 0 Å². The summed E-state index contributed by atoms with van der Waals surface area (Å²) in [5.41, 5.74) is 0. The van der Waals surface area contributed by atoms with Crippen LogP contribution in [0.4, 0.5) is 0 Å². The number of carbonyl (C=O) groups excluding carboxylic acids is 1. The van der Waals surface area contributed by atoms with Crippen LogP contribution in [0.25, 0.3) is 0 Å². The molecule has 0 aromatic rings. The number of hydrogen-bond donors (Lipinski definition) is 1. The monoisotopic (exact) mass is 160 g/mol. The summed E-state index contributed by atoms with van der Waals surface area (Å²) in [6.07, 6.45) is 0.684. The standard InChI is InChI=1S/C8H16O3/c1-6(2)4-7(5-9)8(10)11-3/h6-7,9H,4-5H2,1-3H3. The lowest BCUT2D eigenvalue weighted by Crippen LogP contribution is -2.21. The molecule has 66 valence electrons. The quantitative estimate of drug-likeness (QED) is 0.619. The number of carbonyl (C=O) groups is 1. The molecule has 0 bridgehead atoms. The highest BCUT2D eigenvalue weighted by molar-refractivity contribution is 5.72. The third kappa shape index (κ3) is 3.98. The van der Waals surface area contributed by atoms with Gasteiger partial charge < -0.3 is 9.84 Å². The molecule has 0 radical (unpaired) electrons. The number of aliphatic hydroxyl groups excluding tert-OH is 1. The van der Waals surface area contributed by atoms with E-state index in [9.17, 15) is 4.79 Å². The zero-order chi connectivity index (χ0) is 8.85. The van der Waals surface area contributed by atoms with E-state index in [-0.39, 0.29) is 18.5 Å². The lowest BCUT2D eigenvalue weighted by molar-refractivity contribution is -0.147. The molecule has 0 amide bonds. The van der Waals surface area contributed by atoms with E-state index in [1.54, 1.807) is 0 Å². The second-order valence-electron chi connectivity index (χ2n) is 3.03. The van der Waals surface area contributed by atoms with E-state index in [0.717, 1.165) is 0 Å². The number of ether oxygens (including phenoxy) is 1. The SMILES string of the molecule is COC(=O)C(CO)CC(C)C. The summed E-state index contributed by atoms with van der Waals surface area (Å²) in [6, 6.07) is 0. The van der Waals surface area contributed by atoms with E-state index in [2.05, 4.69) is 4.74 Å². The summed E-state index contributed by atoms with van der Waals surface area (Å²) in [4.78, 5) is 10.9. The van der Waals surface area contributed by atoms with E-state index >= 15 is 0 Å². The maximum Gasteiger partial charge on any atom is 0.311 e. The van der Waals surface area contributed by atoms with Crippen LogP contribution < -0.4 is 0 Å². The molecule has 0 aromatic heterocycles. The summed E-state index contributed by atoms with van der Waals surface area (Å²) in [7, 11) is 1.34. The highest BCUT2D eigenvalue weighted by Gasteiger charge is 2.18.